The molecule has 0 saturated heterocycles. The van der Waals surface area contributed by atoms with Gasteiger partial charge in [-0.2, -0.15) is 0 Å². The second-order valence-corrected chi connectivity index (χ2v) is 20.0. The molecule has 2 aromatic heterocycles. The molecule has 74 heavy (non-hydrogen) atoms. The molecule has 4 amide bonds. The van der Waals surface area contributed by atoms with Gasteiger partial charge in [-0.05, 0) is 121 Å². The number of nitrogens with zero attached hydrogens (tertiary/aromatic N) is 4. The average molecular weight is 975 g/mol. The van der Waals surface area contributed by atoms with Gasteiger partial charge >= 0.3 is 0 Å². The van der Waals surface area contributed by atoms with Crippen LogP contribution in [0.25, 0.3) is 11.4 Å². The molecular formula is C61H42N4O9. The Hall–Kier alpha value is -9.49. The van der Waals surface area contributed by atoms with Gasteiger partial charge in [0.25, 0.3) is 23.6 Å². The third-order valence-corrected chi connectivity index (χ3v) is 15.9. The first-order chi connectivity index (χ1) is 35.9. The molecule has 0 spiro atoms. The monoisotopic (exact) mass is 974 g/mol. The fourth-order valence-corrected chi connectivity index (χ4v) is 12.3. The van der Waals surface area contributed by atoms with Crippen LogP contribution in [0.1, 0.15) is 138 Å². The third-order valence-electron chi connectivity index (χ3n) is 15.9. The zero-order valence-electron chi connectivity index (χ0n) is 39.3. The van der Waals surface area contributed by atoms with Crippen molar-refractivity contribution in [2.24, 2.45) is 0 Å². The Labute approximate surface area is 422 Å². The van der Waals surface area contributed by atoms with E-state index in [0.717, 1.165) is 67.1 Å². The highest BCUT2D eigenvalue weighted by Gasteiger charge is 2.43. The van der Waals surface area contributed by atoms with Gasteiger partial charge < -0.3 is 20.4 Å². The Balaban J connectivity index is 0.629. The van der Waals surface area contributed by atoms with Gasteiger partial charge in [-0.3, -0.25) is 33.1 Å². The summed E-state index contributed by atoms with van der Waals surface area (Å²) in [6.07, 6.45) is 11.2. The van der Waals surface area contributed by atoms with Crippen molar-refractivity contribution in [1.29, 1.82) is 0 Å². The van der Waals surface area contributed by atoms with Crippen molar-refractivity contribution in [2.75, 3.05) is 9.80 Å². The van der Waals surface area contributed by atoms with Gasteiger partial charge in [-0.15, -0.1) is 0 Å². The molecule has 13 nitrogen and oxygen atoms in total. The van der Waals surface area contributed by atoms with Gasteiger partial charge in [0.2, 0.25) is 23.5 Å². The molecule has 6 aromatic carbocycles. The molecule has 0 radical (unpaired) electrons. The van der Waals surface area contributed by atoms with E-state index >= 15 is 0 Å². The number of anilines is 2. The Morgan fingerprint density at radius 1 is 0.378 bits per heavy atom. The number of aromatic hydroxyl groups is 4. The molecule has 4 aliphatic carbocycles. The predicted octanol–water partition coefficient (Wildman–Crippen LogP) is 10.4. The first-order valence-electron chi connectivity index (χ1n) is 24.6. The molecule has 14 rings (SSSR count). The summed E-state index contributed by atoms with van der Waals surface area (Å²) in [5.74, 6) is -1.93. The van der Waals surface area contributed by atoms with Crippen molar-refractivity contribution < 1.29 is 44.4 Å². The van der Waals surface area contributed by atoms with Gasteiger partial charge in [-0.25, -0.2) is 9.80 Å². The van der Waals surface area contributed by atoms with Crippen LogP contribution in [0.15, 0.2) is 158 Å². The molecule has 4 bridgehead atoms. The summed E-state index contributed by atoms with van der Waals surface area (Å²) >= 11 is 0. The predicted molar refractivity (Wildman–Crippen MR) is 274 cm³/mol. The standard InChI is InChI=1S/C61H42N4O9/c66-53(39-13-23-45-47(29-39)56(69)62(54(45)67)41-15-1-31(2-16-41)25-33-5-19-43(20-6-33)64-58(71)49-35-9-10-36(27-35)50(49)59(64)72)40-14-24-46-48(30-40)57(70)63(55(46)68)42-17-3-32(4-18-42)26-34-7-21-44(22-8-34)65-60(73)51-37-11-12-38(28-37)52(51)61(65)74/h1-24,29-30,35-38,71-74H,25-28H2. The fourth-order valence-electron chi connectivity index (χ4n) is 12.3. The van der Waals surface area contributed by atoms with E-state index in [1.165, 1.54) is 45.5 Å². The third kappa shape index (κ3) is 6.25. The van der Waals surface area contributed by atoms with Crippen molar-refractivity contribution in [3.05, 3.63) is 236 Å². The quantitative estimate of drug-likeness (QED) is 0.0589. The first-order valence-corrected chi connectivity index (χ1v) is 24.6. The van der Waals surface area contributed by atoms with E-state index in [-0.39, 0.29) is 80.6 Å². The Bertz CT molecular complexity index is 3570. The van der Waals surface area contributed by atoms with Crippen LogP contribution in [0.3, 0.4) is 0 Å². The van der Waals surface area contributed by atoms with Crippen LogP contribution in [0.4, 0.5) is 11.4 Å². The number of hydrogen-bond acceptors (Lipinski definition) is 9. The lowest BCUT2D eigenvalue weighted by Gasteiger charge is -2.14. The molecule has 6 aliphatic rings. The summed E-state index contributed by atoms with van der Waals surface area (Å²) in [4.78, 5) is 71.2. The van der Waals surface area contributed by atoms with Crippen molar-refractivity contribution >= 4 is 40.8 Å². The fraction of sp³-hybridized carbons (Fsp3) is 0.131. The van der Waals surface area contributed by atoms with Crippen LogP contribution in [0.2, 0.25) is 0 Å². The molecule has 4 unspecified atom stereocenters. The summed E-state index contributed by atoms with van der Waals surface area (Å²) < 4.78 is 2.98. The number of carbonyl (C=O) groups excluding carboxylic acids is 5. The number of carbonyl (C=O) groups is 5. The van der Waals surface area contributed by atoms with Crippen LogP contribution in [-0.4, -0.2) is 59.0 Å². The van der Waals surface area contributed by atoms with Crippen LogP contribution in [0, 0.1) is 0 Å². The molecule has 0 fully saturated rings. The van der Waals surface area contributed by atoms with Gasteiger partial charge in [0.05, 0.1) is 45.0 Å². The molecule has 8 aromatic rings. The molecule has 13 heteroatoms. The van der Waals surface area contributed by atoms with Gasteiger partial charge in [0.15, 0.2) is 5.78 Å². The molecule has 2 aliphatic heterocycles. The number of hydrogen-bond donors (Lipinski definition) is 4. The summed E-state index contributed by atoms with van der Waals surface area (Å²) in [5.41, 5.74) is 9.78. The summed E-state index contributed by atoms with van der Waals surface area (Å²) in [6.45, 7) is 0. The normalized spacial score (nSPS) is 19.3. The summed E-state index contributed by atoms with van der Waals surface area (Å²) in [7, 11) is 0. The largest absolute Gasteiger partial charge is 0.494 e. The first kappa shape index (κ1) is 43.3. The van der Waals surface area contributed by atoms with Crippen molar-refractivity contribution in [3.8, 4) is 34.9 Å². The molecule has 4 atom stereocenters. The highest BCUT2D eigenvalue weighted by Crippen LogP contribution is 2.58. The number of allylic oxidation sites excluding steroid dienone is 4. The van der Waals surface area contributed by atoms with E-state index < -0.39 is 29.4 Å². The topological polar surface area (TPSA) is 183 Å². The Morgan fingerprint density at radius 3 is 0.973 bits per heavy atom. The maximum absolute atomic E-state index is 14.0. The smallest absolute Gasteiger partial charge is 0.266 e. The number of rotatable bonds is 10. The Morgan fingerprint density at radius 2 is 0.662 bits per heavy atom. The lowest BCUT2D eigenvalue weighted by atomic mass is 9.96. The number of aromatic nitrogens is 2. The van der Waals surface area contributed by atoms with E-state index in [1.54, 1.807) is 24.3 Å². The number of ketones is 1. The minimum atomic E-state index is -0.578. The van der Waals surface area contributed by atoms with Crippen molar-refractivity contribution in [2.45, 2.75) is 49.4 Å². The Kier molecular flexibility index (Phi) is 9.22. The van der Waals surface area contributed by atoms with Crippen LogP contribution < -0.4 is 9.80 Å². The molecular weight excluding hydrogens is 933 g/mol. The van der Waals surface area contributed by atoms with Crippen LogP contribution in [-0.2, 0) is 12.8 Å². The van der Waals surface area contributed by atoms with Crippen LogP contribution >= 0.6 is 0 Å². The SMILES string of the molecule is O=C(c1ccc2c(c1)C(=O)N(c1ccc(Cc3ccc(-n4c(O)c5c(c4O)C4C=CC5C4)cc3)cc1)C2=O)c1ccc2c(c1)C(=O)N(c1ccc(Cc3ccc(-n4c(O)c5c(c4O)C4C=CC5C4)cc3)cc1)C2=O. The molecule has 4 heterocycles. The van der Waals surface area contributed by atoms with Gasteiger partial charge in [-0.1, -0.05) is 85.0 Å². The zero-order valence-corrected chi connectivity index (χ0v) is 39.3. The second-order valence-electron chi connectivity index (χ2n) is 20.0. The van der Waals surface area contributed by atoms with Crippen molar-refractivity contribution in [1.82, 2.24) is 9.13 Å². The van der Waals surface area contributed by atoms with Gasteiger partial charge in [0, 0.05) is 57.1 Å². The van der Waals surface area contributed by atoms with E-state index in [9.17, 15) is 44.4 Å². The molecule has 360 valence electrons. The number of imide groups is 2. The average Bonchev–Trinajstić information content (AvgIpc) is 4.33. The second kappa shape index (κ2) is 15.8. The lowest BCUT2D eigenvalue weighted by molar-refractivity contribution is 0.0910. The maximum Gasteiger partial charge on any atom is 0.266 e. The molecule has 0 saturated carbocycles. The minimum absolute atomic E-state index is 0.0703. The minimum Gasteiger partial charge on any atom is -0.494 e. The van der Waals surface area contributed by atoms with E-state index in [1.807, 2.05) is 72.8 Å². The highest BCUT2D eigenvalue weighted by atomic mass is 16.3. The summed E-state index contributed by atoms with van der Waals surface area (Å²) in [6, 6.07) is 38.0. The highest BCUT2D eigenvalue weighted by molar-refractivity contribution is 6.36. The van der Waals surface area contributed by atoms with Gasteiger partial charge in [0.1, 0.15) is 0 Å². The number of amides is 4. The zero-order chi connectivity index (χ0) is 50.4. The van der Waals surface area contributed by atoms with E-state index in [0.29, 0.717) is 35.6 Å². The molecule has 4 N–H and O–H groups in total. The number of benzene rings is 6. The van der Waals surface area contributed by atoms with Crippen molar-refractivity contribution in [3.63, 3.8) is 0 Å². The lowest BCUT2D eigenvalue weighted by Crippen LogP contribution is -2.29. The van der Waals surface area contributed by atoms with Crippen LogP contribution in [0.5, 0.6) is 23.5 Å². The number of fused-ring (bicyclic) bond motifs is 12. The van der Waals surface area contributed by atoms with E-state index in [2.05, 4.69) is 24.3 Å². The summed E-state index contributed by atoms with van der Waals surface area (Å²) in [5, 5.41) is 44.1. The van der Waals surface area contributed by atoms with E-state index in [4.69, 9.17) is 0 Å². The maximum atomic E-state index is 14.0.